The molecule has 1 atom stereocenters. The van der Waals surface area contributed by atoms with Crippen molar-refractivity contribution in [3.8, 4) is 0 Å². The van der Waals surface area contributed by atoms with Gasteiger partial charge in [0.05, 0.1) is 0 Å². The van der Waals surface area contributed by atoms with Gasteiger partial charge in [-0.1, -0.05) is 30.3 Å². The third kappa shape index (κ3) is 4.36. The number of nitrogens with one attached hydrogen (secondary N) is 1. The van der Waals surface area contributed by atoms with Crippen molar-refractivity contribution in [2.45, 2.75) is 18.3 Å². The van der Waals surface area contributed by atoms with Crippen LogP contribution in [0.25, 0.3) is 0 Å². The highest BCUT2D eigenvalue weighted by Crippen LogP contribution is 2.51. The maximum Gasteiger partial charge on any atom is 0.410 e. The zero-order chi connectivity index (χ0) is 14.7. The number of halogens is 2. The van der Waals surface area contributed by atoms with Gasteiger partial charge in [-0.3, -0.25) is 9.36 Å². The predicted molar refractivity (Wildman–Crippen MR) is 61.7 cm³/mol. The molecule has 1 unspecified atom stereocenters. The van der Waals surface area contributed by atoms with Crippen LogP contribution in [-0.4, -0.2) is 32.7 Å². The van der Waals surface area contributed by atoms with Crippen LogP contribution in [0.1, 0.15) is 5.56 Å². The van der Waals surface area contributed by atoms with Crippen molar-refractivity contribution in [3.05, 3.63) is 35.9 Å². The van der Waals surface area contributed by atoms with E-state index >= 15 is 0 Å². The monoisotopic (exact) mass is 295 g/mol. The zero-order valence-corrected chi connectivity index (χ0v) is 10.4. The van der Waals surface area contributed by atoms with Crippen molar-refractivity contribution in [2.24, 2.45) is 0 Å². The molecule has 0 aliphatic heterocycles. The fourth-order valence-electron chi connectivity index (χ4n) is 1.34. The highest BCUT2D eigenvalue weighted by molar-refractivity contribution is 7.53. The predicted octanol–water partition coefficient (Wildman–Crippen LogP) is 1.000. The van der Waals surface area contributed by atoms with Crippen LogP contribution in [-0.2, 0) is 15.8 Å². The van der Waals surface area contributed by atoms with Gasteiger partial charge in [0.15, 0.2) is 0 Å². The first-order valence-electron chi connectivity index (χ1n) is 5.11. The second-order valence-electron chi connectivity index (χ2n) is 3.81. The lowest BCUT2D eigenvalue weighted by molar-refractivity contribution is -0.141. The first kappa shape index (κ1) is 15.7. The van der Waals surface area contributed by atoms with Gasteiger partial charge in [-0.15, -0.1) is 0 Å². The van der Waals surface area contributed by atoms with E-state index in [0.29, 0.717) is 5.56 Å². The first-order valence-corrected chi connectivity index (χ1v) is 6.72. The molecule has 0 aliphatic rings. The van der Waals surface area contributed by atoms with E-state index in [2.05, 4.69) is 0 Å². The highest BCUT2D eigenvalue weighted by Gasteiger charge is 2.51. The van der Waals surface area contributed by atoms with Crippen LogP contribution in [0.5, 0.6) is 0 Å². The lowest BCUT2D eigenvalue weighted by atomic mass is 10.1. The van der Waals surface area contributed by atoms with Crippen LogP contribution < -0.4 is 5.32 Å². The number of rotatable bonds is 6. The minimum absolute atomic E-state index is 0.328. The van der Waals surface area contributed by atoms with E-state index in [4.69, 9.17) is 14.9 Å². The molecule has 1 aromatic carbocycles. The number of carboxylic acid groups (broad SMARTS) is 1. The molecule has 0 spiro atoms. The van der Waals surface area contributed by atoms with Crippen LogP contribution in [0.2, 0.25) is 0 Å². The van der Waals surface area contributed by atoms with E-state index in [0.717, 1.165) is 0 Å². The van der Waals surface area contributed by atoms with Gasteiger partial charge in [-0.25, -0.2) is 5.32 Å². The fourth-order valence-corrected chi connectivity index (χ4v) is 1.67. The Morgan fingerprint density at radius 2 is 1.84 bits per heavy atom. The maximum atomic E-state index is 13.1. The molecule has 1 aromatic rings. The largest absolute Gasteiger partial charge is 0.480 e. The maximum absolute atomic E-state index is 13.1. The van der Waals surface area contributed by atoms with Gasteiger partial charge >= 0.3 is 19.4 Å². The summed E-state index contributed by atoms with van der Waals surface area (Å²) < 4.78 is 36.8. The Hall–Kier alpha value is -1.34. The lowest BCUT2D eigenvalue weighted by Gasteiger charge is -2.23. The molecule has 0 aromatic heterocycles. The average molecular weight is 295 g/mol. The summed E-state index contributed by atoms with van der Waals surface area (Å²) in [7, 11) is -5.77. The van der Waals surface area contributed by atoms with Gasteiger partial charge in [0.1, 0.15) is 6.04 Å². The summed E-state index contributed by atoms with van der Waals surface area (Å²) in [6, 6.07) is 6.08. The summed E-state index contributed by atoms with van der Waals surface area (Å²) in [4.78, 5) is 27.8. The Bertz CT molecular complexity index is 490. The molecule has 19 heavy (non-hydrogen) atoms. The quantitative estimate of drug-likeness (QED) is 0.461. The van der Waals surface area contributed by atoms with E-state index in [9.17, 15) is 18.1 Å². The zero-order valence-electron chi connectivity index (χ0n) is 9.53. The van der Waals surface area contributed by atoms with Crippen LogP contribution in [0.4, 0.5) is 8.78 Å². The Kier molecular flexibility index (Phi) is 4.75. The normalized spacial score (nSPS) is 14.1. The van der Waals surface area contributed by atoms with Crippen LogP contribution >= 0.6 is 7.60 Å². The fraction of sp³-hybridized carbons (Fsp3) is 0.300. The Morgan fingerprint density at radius 1 is 1.32 bits per heavy atom. The van der Waals surface area contributed by atoms with Crippen molar-refractivity contribution < 1.29 is 33.0 Å². The van der Waals surface area contributed by atoms with Crippen molar-refractivity contribution in [1.82, 2.24) is 5.32 Å². The number of carboxylic acids is 1. The molecule has 0 bridgehead atoms. The smallest absolute Gasteiger partial charge is 0.410 e. The van der Waals surface area contributed by atoms with E-state index in [-0.39, 0.29) is 6.42 Å². The first-order chi connectivity index (χ1) is 8.63. The van der Waals surface area contributed by atoms with Crippen molar-refractivity contribution >= 4 is 13.6 Å². The average Bonchev–Trinajstić information content (AvgIpc) is 2.27. The summed E-state index contributed by atoms with van der Waals surface area (Å²) in [5.41, 5.74) is 0.448. The van der Waals surface area contributed by atoms with Crippen LogP contribution in [0, 0.1) is 0 Å². The molecule has 6 nitrogen and oxygen atoms in total. The standard InChI is InChI=1S/C10H12F2NO5P/c11-10(12,19(16,17)18)13-8(9(14)15)6-7-4-2-1-3-5-7/h1-5,8,13H,6H2,(H,14,15)(H2,16,17,18). The molecular formula is C10H12F2NO5P. The molecule has 0 radical (unpaired) electrons. The summed E-state index contributed by atoms with van der Waals surface area (Å²) in [5, 5.41) is 10.0. The molecule has 0 aliphatic carbocycles. The summed E-state index contributed by atoms with van der Waals surface area (Å²) in [6.07, 6.45) is -0.328. The van der Waals surface area contributed by atoms with Gasteiger partial charge in [0, 0.05) is 0 Å². The lowest BCUT2D eigenvalue weighted by Crippen LogP contribution is -2.48. The topological polar surface area (TPSA) is 107 Å². The number of hydrogen-bond acceptors (Lipinski definition) is 3. The highest BCUT2D eigenvalue weighted by atomic mass is 31.2. The molecule has 4 N–H and O–H groups in total. The van der Waals surface area contributed by atoms with Gasteiger partial charge in [-0.2, -0.15) is 8.78 Å². The molecule has 1 rings (SSSR count). The minimum Gasteiger partial charge on any atom is -0.480 e. The van der Waals surface area contributed by atoms with Gasteiger partial charge < -0.3 is 14.9 Å². The van der Waals surface area contributed by atoms with Crippen molar-refractivity contribution in [3.63, 3.8) is 0 Å². The molecule has 0 saturated carbocycles. The van der Waals surface area contributed by atoms with E-state index in [1.807, 2.05) is 0 Å². The van der Waals surface area contributed by atoms with E-state index in [1.54, 1.807) is 18.2 Å². The van der Waals surface area contributed by atoms with E-state index < -0.39 is 25.4 Å². The van der Waals surface area contributed by atoms with Crippen LogP contribution in [0.3, 0.4) is 0 Å². The van der Waals surface area contributed by atoms with E-state index in [1.165, 1.54) is 17.4 Å². The third-order valence-electron chi connectivity index (χ3n) is 2.29. The third-order valence-corrected chi connectivity index (χ3v) is 3.16. The van der Waals surface area contributed by atoms with Crippen LogP contribution in [0.15, 0.2) is 30.3 Å². The Morgan fingerprint density at radius 3 is 2.26 bits per heavy atom. The molecule has 0 fully saturated rings. The summed E-state index contributed by atoms with van der Waals surface area (Å²) in [5.74, 6) is -6.22. The molecule has 0 amide bonds. The molecule has 106 valence electrons. The number of aliphatic carboxylic acids is 1. The second-order valence-corrected chi connectivity index (χ2v) is 5.46. The number of carbonyl (C=O) groups is 1. The number of hydrogen-bond donors (Lipinski definition) is 4. The number of alkyl halides is 2. The van der Waals surface area contributed by atoms with Gasteiger partial charge in [-0.05, 0) is 12.0 Å². The van der Waals surface area contributed by atoms with Gasteiger partial charge in [0.25, 0.3) is 0 Å². The molecule has 0 heterocycles. The molecular weight excluding hydrogens is 283 g/mol. The SMILES string of the molecule is O=C(O)C(Cc1ccccc1)NC(F)(F)P(=O)(O)O. The molecule has 9 heteroatoms. The minimum atomic E-state index is -5.77. The summed E-state index contributed by atoms with van der Waals surface area (Å²) >= 11 is 0. The second kappa shape index (κ2) is 5.75. The number of benzene rings is 1. The van der Waals surface area contributed by atoms with Crippen molar-refractivity contribution in [1.29, 1.82) is 0 Å². The Balaban J connectivity index is 2.86. The van der Waals surface area contributed by atoms with Gasteiger partial charge in [0.2, 0.25) is 0 Å². The van der Waals surface area contributed by atoms with Crippen molar-refractivity contribution in [2.75, 3.05) is 0 Å². The Labute approximate surface area is 107 Å². The molecule has 0 saturated heterocycles. The summed E-state index contributed by atoms with van der Waals surface area (Å²) in [6.45, 7) is 0.